The number of hydrogen-bond acceptors (Lipinski definition) is 3. The van der Waals surface area contributed by atoms with Gasteiger partial charge in [0.2, 0.25) is 0 Å². The van der Waals surface area contributed by atoms with E-state index in [9.17, 15) is 0 Å². The van der Waals surface area contributed by atoms with Gasteiger partial charge in [0.1, 0.15) is 0 Å². The fourth-order valence-electron chi connectivity index (χ4n) is 4.70. The third-order valence-electron chi connectivity index (χ3n) is 6.15. The highest BCUT2D eigenvalue weighted by Gasteiger charge is 2.57. The van der Waals surface area contributed by atoms with Gasteiger partial charge in [0.15, 0.2) is 5.96 Å². The number of rotatable bonds is 5. The molecule has 1 spiro atoms. The summed E-state index contributed by atoms with van der Waals surface area (Å²) in [5, 5.41) is 7.15. The molecule has 3 unspecified atom stereocenters. The highest BCUT2D eigenvalue weighted by molar-refractivity contribution is 14.0. The van der Waals surface area contributed by atoms with Gasteiger partial charge >= 0.3 is 0 Å². The van der Waals surface area contributed by atoms with Gasteiger partial charge in [-0.1, -0.05) is 12.8 Å². The predicted molar refractivity (Wildman–Crippen MR) is 108 cm³/mol. The fraction of sp³-hybridized carbons (Fsp3) is 0.944. The summed E-state index contributed by atoms with van der Waals surface area (Å²) in [6.07, 6.45) is 9.05. The molecule has 3 aliphatic rings. The van der Waals surface area contributed by atoms with E-state index >= 15 is 0 Å². The molecule has 0 aromatic rings. The van der Waals surface area contributed by atoms with Gasteiger partial charge in [-0.05, 0) is 46.0 Å². The zero-order valence-corrected chi connectivity index (χ0v) is 17.7. The number of halogens is 1. The lowest BCUT2D eigenvalue weighted by molar-refractivity contribution is -0.125. The lowest BCUT2D eigenvalue weighted by Gasteiger charge is -2.54. The number of guanidine groups is 1. The first kappa shape index (κ1) is 20.2. The summed E-state index contributed by atoms with van der Waals surface area (Å²) >= 11 is 0. The van der Waals surface area contributed by atoms with Crippen molar-refractivity contribution in [2.75, 3.05) is 26.8 Å². The van der Waals surface area contributed by atoms with E-state index in [1.807, 2.05) is 7.05 Å². The van der Waals surface area contributed by atoms with Crippen LogP contribution in [0.5, 0.6) is 0 Å². The number of nitrogens with one attached hydrogen (secondary N) is 2. The summed E-state index contributed by atoms with van der Waals surface area (Å²) in [6, 6.07) is 0.491. The quantitative estimate of drug-likeness (QED) is 0.383. The zero-order valence-electron chi connectivity index (χ0n) is 15.4. The Balaban J connectivity index is 0.00000208. The van der Waals surface area contributed by atoms with Crippen LogP contribution in [0, 0.1) is 5.41 Å². The van der Waals surface area contributed by atoms with Crippen LogP contribution < -0.4 is 10.6 Å². The molecule has 2 aliphatic carbocycles. The van der Waals surface area contributed by atoms with E-state index in [4.69, 9.17) is 9.47 Å². The SMILES string of the molecule is CCOC1CC(NC(=NC)NCC2(C)CCCO2)C12CCCC2.I. The molecule has 2 saturated carbocycles. The molecule has 3 fully saturated rings. The summed E-state index contributed by atoms with van der Waals surface area (Å²) < 4.78 is 11.9. The molecule has 0 aromatic heterocycles. The van der Waals surface area contributed by atoms with Crippen molar-refractivity contribution < 1.29 is 9.47 Å². The first-order chi connectivity index (χ1) is 11.1. The Morgan fingerprint density at radius 2 is 2.00 bits per heavy atom. The Kier molecular flexibility index (Phi) is 7.20. The average Bonchev–Trinajstić information content (AvgIpc) is 3.20. The Morgan fingerprint density at radius 1 is 1.25 bits per heavy atom. The molecule has 6 heteroatoms. The smallest absolute Gasteiger partial charge is 0.191 e. The number of aliphatic imine (C=N–C) groups is 1. The molecule has 1 aliphatic heterocycles. The molecule has 0 aromatic carbocycles. The van der Waals surface area contributed by atoms with Crippen LogP contribution >= 0.6 is 24.0 Å². The maximum atomic E-state index is 6.00. The molecular weight excluding hydrogens is 417 g/mol. The van der Waals surface area contributed by atoms with E-state index in [2.05, 4.69) is 29.5 Å². The predicted octanol–water partition coefficient (Wildman–Crippen LogP) is 3.08. The van der Waals surface area contributed by atoms with Crippen LogP contribution in [0.25, 0.3) is 0 Å². The van der Waals surface area contributed by atoms with Crippen LogP contribution in [0.1, 0.15) is 58.8 Å². The number of hydrogen-bond donors (Lipinski definition) is 2. The Morgan fingerprint density at radius 3 is 2.58 bits per heavy atom. The molecule has 1 saturated heterocycles. The molecule has 3 rings (SSSR count). The monoisotopic (exact) mass is 451 g/mol. The summed E-state index contributed by atoms with van der Waals surface area (Å²) in [5.41, 5.74) is 0.289. The molecule has 0 radical (unpaired) electrons. The van der Waals surface area contributed by atoms with Gasteiger partial charge in [-0.15, -0.1) is 24.0 Å². The van der Waals surface area contributed by atoms with Gasteiger partial charge in [0.05, 0.1) is 11.7 Å². The second-order valence-corrected chi connectivity index (χ2v) is 7.64. The molecule has 24 heavy (non-hydrogen) atoms. The van der Waals surface area contributed by atoms with Crippen LogP contribution in [0.4, 0.5) is 0 Å². The van der Waals surface area contributed by atoms with Crippen LogP contribution in [0.15, 0.2) is 4.99 Å². The van der Waals surface area contributed by atoms with E-state index in [0.29, 0.717) is 17.6 Å². The highest BCUT2D eigenvalue weighted by Crippen LogP contribution is 2.54. The van der Waals surface area contributed by atoms with E-state index in [0.717, 1.165) is 45.0 Å². The fourth-order valence-corrected chi connectivity index (χ4v) is 4.70. The van der Waals surface area contributed by atoms with Crippen molar-refractivity contribution in [1.82, 2.24) is 10.6 Å². The first-order valence-electron chi connectivity index (χ1n) is 9.35. The lowest BCUT2D eigenvalue weighted by atomic mass is 9.60. The number of nitrogens with zero attached hydrogens (tertiary/aromatic N) is 1. The van der Waals surface area contributed by atoms with Crippen LogP contribution in [0.3, 0.4) is 0 Å². The second kappa shape index (κ2) is 8.54. The third-order valence-corrected chi connectivity index (χ3v) is 6.15. The van der Waals surface area contributed by atoms with Gasteiger partial charge in [-0.3, -0.25) is 4.99 Å². The standard InChI is InChI=1S/C18H33N3O2.HI/c1-4-22-15-12-14(18(15)9-5-6-10-18)21-16(19-3)20-13-17(2)8-7-11-23-17;/h14-15H,4-13H2,1-3H3,(H2,19,20,21);1H. The topological polar surface area (TPSA) is 54.9 Å². The van der Waals surface area contributed by atoms with Crippen LogP contribution in [-0.4, -0.2) is 50.5 Å². The minimum Gasteiger partial charge on any atom is -0.378 e. The van der Waals surface area contributed by atoms with Gasteiger partial charge in [-0.2, -0.15) is 0 Å². The Bertz CT molecular complexity index is 432. The van der Waals surface area contributed by atoms with Crippen molar-refractivity contribution in [3.05, 3.63) is 0 Å². The van der Waals surface area contributed by atoms with Crippen molar-refractivity contribution in [3.63, 3.8) is 0 Å². The van der Waals surface area contributed by atoms with Crippen molar-refractivity contribution in [2.24, 2.45) is 10.4 Å². The minimum absolute atomic E-state index is 0. The van der Waals surface area contributed by atoms with Crippen molar-refractivity contribution in [2.45, 2.75) is 76.5 Å². The van der Waals surface area contributed by atoms with Gasteiger partial charge < -0.3 is 20.1 Å². The molecule has 5 nitrogen and oxygen atoms in total. The van der Waals surface area contributed by atoms with Crippen LogP contribution in [-0.2, 0) is 9.47 Å². The molecule has 0 amide bonds. The molecule has 3 atom stereocenters. The van der Waals surface area contributed by atoms with Crippen LogP contribution in [0.2, 0.25) is 0 Å². The maximum absolute atomic E-state index is 6.00. The highest BCUT2D eigenvalue weighted by atomic mass is 127. The largest absolute Gasteiger partial charge is 0.378 e. The molecular formula is C18H34IN3O2. The van der Waals surface area contributed by atoms with Crippen molar-refractivity contribution in [1.29, 1.82) is 0 Å². The van der Waals surface area contributed by atoms with E-state index in [-0.39, 0.29) is 29.6 Å². The van der Waals surface area contributed by atoms with Gasteiger partial charge in [-0.25, -0.2) is 0 Å². The second-order valence-electron chi connectivity index (χ2n) is 7.64. The van der Waals surface area contributed by atoms with Crippen molar-refractivity contribution in [3.8, 4) is 0 Å². The molecule has 2 N–H and O–H groups in total. The average molecular weight is 451 g/mol. The summed E-state index contributed by atoms with van der Waals surface area (Å²) in [7, 11) is 1.85. The summed E-state index contributed by atoms with van der Waals surface area (Å²) in [5.74, 6) is 0.910. The molecule has 140 valence electrons. The zero-order chi connectivity index (χ0) is 16.3. The summed E-state index contributed by atoms with van der Waals surface area (Å²) in [4.78, 5) is 4.43. The maximum Gasteiger partial charge on any atom is 0.191 e. The lowest BCUT2D eigenvalue weighted by Crippen LogP contribution is -2.65. The van der Waals surface area contributed by atoms with Gasteiger partial charge in [0.25, 0.3) is 0 Å². The Labute approximate surface area is 163 Å². The molecule has 1 heterocycles. The Hall–Kier alpha value is -0.0800. The summed E-state index contributed by atoms with van der Waals surface area (Å²) in [6.45, 7) is 6.81. The van der Waals surface area contributed by atoms with E-state index in [1.54, 1.807) is 0 Å². The number of ether oxygens (including phenoxy) is 2. The van der Waals surface area contributed by atoms with Gasteiger partial charge in [0, 0.05) is 38.3 Å². The normalized spacial score (nSPS) is 34.7. The third kappa shape index (κ3) is 4.01. The molecule has 0 bridgehead atoms. The van der Waals surface area contributed by atoms with E-state index < -0.39 is 0 Å². The minimum atomic E-state index is -0.0455. The van der Waals surface area contributed by atoms with E-state index in [1.165, 1.54) is 25.7 Å². The van der Waals surface area contributed by atoms with Crippen molar-refractivity contribution >= 4 is 29.9 Å². The first-order valence-corrected chi connectivity index (χ1v) is 9.35.